The van der Waals surface area contributed by atoms with Crippen molar-refractivity contribution >= 4 is 15.9 Å². The van der Waals surface area contributed by atoms with Crippen LogP contribution in [0.25, 0.3) is 0 Å². The fourth-order valence-electron chi connectivity index (χ4n) is 2.59. The highest BCUT2D eigenvalue weighted by Gasteiger charge is 2.15. The van der Waals surface area contributed by atoms with Gasteiger partial charge in [-0.05, 0) is 43.6 Å². The molecule has 100 valence electrons. The van der Waals surface area contributed by atoms with E-state index in [0.717, 1.165) is 13.1 Å². The van der Waals surface area contributed by atoms with Crippen LogP contribution in [0.15, 0.2) is 28.7 Å². The first kappa shape index (κ1) is 14.0. The van der Waals surface area contributed by atoms with Crippen LogP contribution in [0.4, 0.5) is 0 Å². The first-order valence-corrected chi connectivity index (χ1v) is 7.77. The van der Waals surface area contributed by atoms with Gasteiger partial charge in [-0.3, -0.25) is 4.90 Å². The van der Waals surface area contributed by atoms with Crippen LogP contribution in [0.2, 0.25) is 0 Å². The van der Waals surface area contributed by atoms with Crippen molar-refractivity contribution in [3.8, 4) is 0 Å². The van der Waals surface area contributed by atoms with Crippen LogP contribution in [-0.4, -0.2) is 30.6 Å². The highest BCUT2D eigenvalue weighted by atomic mass is 79.9. The van der Waals surface area contributed by atoms with Gasteiger partial charge in [-0.15, -0.1) is 0 Å². The van der Waals surface area contributed by atoms with Crippen LogP contribution >= 0.6 is 15.9 Å². The van der Waals surface area contributed by atoms with Crippen molar-refractivity contribution in [3.63, 3.8) is 0 Å². The Bertz CT molecular complexity index is 361. The number of halogens is 1. The fourth-order valence-corrected chi connectivity index (χ4v) is 3.04. The van der Waals surface area contributed by atoms with Gasteiger partial charge in [0.25, 0.3) is 0 Å². The zero-order valence-electron chi connectivity index (χ0n) is 11.2. The summed E-state index contributed by atoms with van der Waals surface area (Å²) in [6.07, 6.45) is 4.05. The van der Waals surface area contributed by atoms with Crippen LogP contribution in [0.1, 0.15) is 31.7 Å². The minimum atomic E-state index is 0.686. The average Bonchev–Trinajstić information content (AvgIpc) is 2.39. The van der Waals surface area contributed by atoms with E-state index in [2.05, 4.69) is 57.3 Å². The summed E-state index contributed by atoms with van der Waals surface area (Å²) in [5.41, 5.74) is 1.39. The number of hydrogen-bond acceptors (Lipinski definition) is 2. The SMILES string of the molecule is CCN(Cc1cccc(Br)c1)CC1CCCCN1. The molecule has 1 aromatic rings. The van der Waals surface area contributed by atoms with Crippen molar-refractivity contribution < 1.29 is 0 Å². The smallest absolute Gasteiger partial charge is 0.0234 e. The van der Waals surface area contributed by atoms with Crippen molar-refractivity contribution in [2.75, 3.05) is 19.6 Å². The van der Waals surface area contributed by atoms with Crippen LogP contribution in [-0.2, 0) is 6.54 Å². The lowest BCUT2D eigenvalue weighted by atomic mass is 10.0. The molecule has 1 fully saturated rings. The van der Waals surface area contributed by atoms with E-state index in [1.165, 1.54) is 42.4 Å². The summed E-state index contributed by atoms with van der Waals surface area (Å²) < 4.78 is 1.17. The molecule has 0 aliphatic carbocycles. The van der Waals surface area contributed by atoms with Gasteiger partial charge >= 0.3 is 0 Å². The number of hydrogen-bond donors (Lipinski definition) is 1. The highest BCUT2D eigenvalue weighted by molar-refractivity contribution is 9.10. The van der Waals surface area contributed by atoms with Crippen LogP contribution < -0.4 is 5.32 Å². The molecule has 0 spiro atoms. The minimum Gasteiger partial charge on any atom is -0.313 e. The van der Waals surface area contributed by atoms with Crippen molar-refractivity contribution in [2.45, 2.75) is 38.8 Å². The fraction of sp³-hybridized carbons (Fsp3) is 0.600. The molecule has 1 atom stereocenters. The Labute approximate surface area is 119 Å². The largest absolute Gasteiger partial charge is 0.313 e. The van der Waals surface area contributed by atoms with E-state index < -0.39 is 0 Å². The second kappa shape index (κ2) is 7.27. The number of benzene rings is 1. The predicted octanol–water partition coefficient (Wildman–Crippen LogP) is 3.41. The van der Waals surface area contributed by atoms with Gasteiger partial charge in [-0.25, -0.2) is 0 Å². The number of likely N-dealkylation sites (N-methyl/N-ethyl adjacent to an activating group) is 1. The zero-order valence-corrected chi connectivity index (χ0v) is 12.7. The Morgan fingerprint density at radius 1 is 1.39 bits per heavy atom. The summed E-state index contributed by atoms with van der Waals surface area (Å²) >= 11 is 3.54. The summed E-state index contributed by atoms with van der Waals surface area (Å²) in [6.45, 7) is 6.78. The molecule has 1 saturated heterocycles. The molecule has 0 radical (unpaired) electrons. The summed E-state index contributed by atoms with van der Waals surface area (Å²) in [4.78, 5) is 2.53. The van der Waals surface area contributed by atoms with Gasteiger partial charge in [0.1, 0.15) is 0 Å². The molecule has 2 rings (SSSR count). The summed E-state index contributed by atoms with van der Waals surface area (Å²) in [6, 6.07) is 9.32. The van der Waals surface area contributed by atoms with Crippen LogP contribution in [0, 0.1) is 0 Å². The average molecular weight is 311 g/mol. The van der Waals surface area contributed by atoms with E-state index in [1.807, 2.05) is 0 Å². The molecular weight excluding hydrogens is 288 g/mol. The zero-order chi connectivity index (χ0) is 12.8. The summed E-state index contributed by atoms with van der Waals surface area (Å²) in [5.74, 6) is 0. The van der Waals surface area contributed by atoms with Gasteiger partial charge in [-0.2, -0.15) is 0 Å². The second-order valence-electron chi connectivity index (χ2n) is 5.10. The summed E-state index contributed by atoms with van der Waals surface area (Å²) in [5, 5.41) is 3.63. The van der Waals surface area contributed by atoms with E-state index in [4.69, 9.17) is 0 Å². The normalized spacial score (nSPS) is 20.3. The summed E-state index contributed by atoms with van der Waals surface area (Å²) in [7, 11) is 0. The van der Waals surface area contributed by atoms with E-state index >= 15 is 0 Å². The molecule has 0 aromatic heterocycles. The first-order chi connectivity index (χ1) is 8.78. The Morgan fingerprint density at radius 2 is 2.28 bits per heavy atom. The molecule has 1 unspecified atom stereocenters. The third kappa shape index (κ3) is 4.38. The maximum absolute atomic E-state index is 3.63. The standard InChI is InChI=1S/C15H23BrN2/c1-2-18(12-15-8-3-4-9-17-15)11-13-6-5-7-14(16)10-13/h5-7,10,15,17H,2-4,8-9,11-12H2,1H3. The molecule has 0 amide bonds. The molecule has 1 aliphatic heterocycles. The monoisotopic (exact) mass is 310 g/mol. The van der Waals surface area contributed by atoms with Gasteiger partial charge in [0.2, 0.25) is 0 Å². The quantitative estimate of drug-likeness (QED) is 0.896. The molecule has 18 heavy (non-hydrogen) atoms. The molecule has 3 heteroatoms. The van der Waals surface area contributed by atoms with Crippen molar-refractivity contribution in [2.24, 2.45) is 0 Å². The molecule has 0 saturated carbocycles. The van der Waals surface area contributed by atoms with E-state index in [9.17, 15) is 0 Å². The van der Waals surface area contributed by atoms with Gasteiger partial charge in [0.05, 0.1) is 0 Å². The van der Waals surface area contributed by atoms with Gasteiger partial charge in [-0.1, -0.05) is 41.4 Å². The Hall–Kier alpha value is -0.380. The van der Waals surface area contributed by atoms with Crippen LogP contribution in [0.5, 0.6) is 0 Å². The van der Waals surface area contributed by atoms with Crippen molar-refractivity contribution in [1.29, 1.82) is 0 Å². The van der Waals surface area contributed by atoms with E-state index in [0.29, 0.717) is 6.04 Å². The Morgan fingerprint density at radius 3 is 2.94 bits per heavy atom. The second-order valence-corrected chi connectivity index (χ2v) is 6.02. The molecule has 1 aromatic carbocycles. The molecule has 1 heterocycles. The lowest BCUT2D eigenvalue weighted by Gasteiger charge is -2.30. The Kier molecular flexibility index (Phi) is 5.67. The number of nitrogens with zero attached hydrogens (tertiary/aromatic N) is 1. The van der Waals surface area contributed by atoms with Crippen LogP contribution in [0.3, 0.4) is 0 Å². The van der Waals surface area contributed by atoms with Gasteiger partial charge < -0.3 is 5.32 Å². The predicted molar refractivity (Wildman–Crippen MR) is 80.7 cm³/mol. The maximum Gasteiger partial charge on any atom is 0.0234 e. The number of piperidine rings is 1. The number of rotatable bonds is 5. The Balaban J connectivity index is 1.88. The lowest BCUT2D eigenvalue weighted by Crippen LogP contribution is -2.43. The molecule has 2 nitrogen and oxygen atoms in total. The lowest BCUT2D eigenvalue weighted by molar-refractivity contribution is 0.226. The van der Waals surface area contributed by atoms with E-state index in [-0.39, 0.29) is 0 Å². The van der Waals surface area contributed by atoms with Crippen molar-refractivity contribution in [3.05, 3.63) is 34.3 Å². The molecule has 1 N–H and O–H groups in total. The van der Waals surface area contributed by atoms with Gasteiger partial charge in [0.15, 0.2) is 0 Å². The third-order valence-corrected chi connectivity index (χ3v) is 4.13. The highest BCUT2D eigenvalue weighted by Crippen LogP contribution is 2.15. The maximum atomic E-state index is 3.63. The first-order valence-electron chi connectivity index (χ1n) is 6.98. The topological polar surface area (TPSA) is 15.3 Å². The molecule has 1 aliphatic rings. The molecular formula is C15H23BrN2. The molecule has 0 bridgehead atoms. The van der Waals surface area contributed by atoms with Crippen molar-refractivity contribution in [1.82, 2.24) is 10.2 Å². The minimum absolute atomic E-state index is 0.686. The van der Waals surface area contributed by atoms with E-state index in [1.54, 1.807) is 0 Å². The van der Waals surface area contributed by atoms with Gasteiger partial charge in [0, 0.05) is 23.6 Å². The number of nitrogens with one attached hydrogen (secondary N) is 1. The third-order valence-electron chi connectivity index (χ3n) is 3.63.